The topological polar surface area (TPSA) is 52.3 Å². The summed E-state index contributed by atoms with van der Waals surface area (Å²) in [5.74, 6) is -0.809. The van der Waals surface area contributed by atoms with Gasteiger partial charge in [0.2, 0.25) is 0 Å². The molecule has 0 N–H and O–H groups in total. The first-order valence-corrected chi connectivity index (χ1v) is 5.51. The van der Waals surface area contributed by atoms with E-state index in [0.29, 0.717) is 16.9 Å². The number of thiophene rings is 1. The second-order valence-electron chi connectivity index (χ2n) is 3.27. The number of alkyl halides is 3. The zero-order valence-electron chi connectivity index (χ0n) is 8.73. The van der Waals surface area contributed by atoms with Gasteiger partial charge in [-0.05, 0) is 12.1 Å². The Bertz CT molecular complexity index is 533. The lowest BCUT2D eigenvalue weighted by Crippen LogP contribution is -2.03. The Balaban J connectivity index is 1.99. The van der Waals surface area contributed by atoms with Crippen molar-refractivity contribution >= 4 is 17.3 Å². The zero-order chi connectivity index (χ0) is 13.2. The van der Waals surface area contributed by atoms with Crippen molar-refractivity contribution < 1.29 is 27.2 Å². The molecule has 0 atom stereocenters. The highest BCUT2D eigenvalue weighted by Gasteiger charge is 2.33. The molecule has 0 radical (unpaired) electrons. The summed E-state index contributed by atoms with van der Waals surface area (Å²) in [5.41, 5.74) is 0.524. The Morgan fingerprint density at radius 1 is 1.44 bits per heavy atom. The molecule has 2 aromatic rings. The molecular formula is C10H6F3NO3S. The molecule has 18 heavy (non-hydrogen) atoms. The third-order valence-corrected chi connectivity index (χ3v) is 3.05. The smallest absolute Gasteiger partial charge is 0.425 e. The summed E-state index contributed by atoms with van der Waals surface area (Å²) in [6, 6.07) is 1.93. The van der Waals surface area contributed by atoms with Gasteiger partial charge in [0.1, 0.15) is 22.6 Å². The highest BCUT2D eigenvalue weighted by molar-refractivity contribution is 7.14. The normalized spacial score (nSPS) is 11.5. The largest absolute Gasteiger partial charge is 0.456 e. The highest BCUT2D eigenvalue weighted by Crippen LogP contribution is 2.34. The number of hydrogen-bond donors (Lipinski definition) is 0. The SMILES string of the molecule is O=C(OCc1cnoc1)c1ccc(C(F)(F)F)s1. The van der Waals surface area contributed by atoms with Crippen molar-refractivity contribution in [3.63, 3.8) is 0 Å². The first kappa shape index (κ1) is 12.6. The van der Waals surface area contributed by atoms with Crippen molar-refractivity contribution in [3.8, 4) is 0 Å². The second kappa shape index (κ2) is 4.81. The van der Waals surface area contributed by atoms with Crippen molar-refractivity contribution in [2.75, 3.05) is 0 Å². The standard InChI is InChI=1S/C10H6F3NO3S/c11-10(12,13)8-2-1-7(18-8)9(15)16-4-6-3-14-17-5-6/h1-3,5H,4H2. The number of carbonyl (C=O) groups excluding carboxylic acids is 1. The summed E-state index contributed by atoms with van der Waals surface area (Å²) in [5, 5.41) is 3.40. The van der Waals surface area contributed by atoms with E-state index in [1.807, 2.05) is 0 Å². The molecule has 0 spiro atoms. The molecule has 0 aliphatic carbocycles. The van der Waals surface area contributed by atoms with Crippen LogP contribution in [0, 0.1) is 0 Å². The number of rotatable bonds is 3. The first-order valence-electron chi connectivity index (χ1n) is 4.69. The molecule has 0 bridgehead atoms. The molecule has 2 rings (SSSR count). The van der Waals surface area contributed by atoms with Crippen LogP contribution in [0.25, 0.3) is 0 Å². The van der Waals surface area contributed by atoms with E-state index in [0.717, 1.165) is 12.1 Å². The number of halogens is 3. The minimum absolute atomic E-state index is 0.0957. The molecule has 0 aromatic carbocycles. The third kappa shape index (κ3) is 2.89. The van der Waals surface area contributed by atoms with Crippen molar-refractivity contribution in [2.24, 2.45) is 0 Å². The number of esters is 1. The molecular weight excluding hydrogens is 271 g/mol. The molecule has 2 aromatic heterocycles. The van der Waals surface area contributed by atoms with Gasteiger partial charge in [0.05, 0.1) is 6.20 Å². The Kier molecular flexibility index (Phi) is 3.37. The number of nitrogens with zero attached hydrogens (tertiary/aromatic N) is 1. The van der Waals surface area contributed by atoms with E-state index in [1.165, 1.54) is 12.5 Å². The van der Waals surface area contributed by atoms with Gasteiger partial charge in [0.25, 0.3) is 0 Å². The maximum absolute atomic E-state index is 12.3. The van der Waals surface area contributed by atoms with Gasteiger partial charge in [-0.15, -0.1) is 11.3 Å². The Morgan fingerprint density at radius 2 is 2.22 bits per heavy atom. The summed E-state index contributed by atoms with van der Waals surface area (Å²) in [4.78, 5) is 10.5. The van der Waals surface area contributed by atoms with Gasteiger partial charge in [-0.1, -0.05) is 5.16 Å². The Hall–Kier alpha value is -1.83. The molecule has 96 valence electrons. The summed E-state index contributed by atoms with van der Waals surface area (Å²) in [6.45, 7) is -0.0957. The predicted octanol–water partition coefficient (Wildman–Crippen LogP) is 3.11. The minimum Gasteiger partial charge on any atom is -0.456 e. The van der Waals surface area contributed by atoms with Crippen molar-refractivity contribution in [1.29, 1.82) is 0 Å². The van der Waals surface area contributed by atoms with Crippen LogP contribution in [0.3, 0.4) is 0 Å². The van der Waals surface area contributed by atoms with Crippen molar-refractivity contribution in [3.05, 3.63) is 39.9 Å². The lowest BCUT2D eigenvalue weighted by Gasteiger charge is -2.01. The maximum Gasteiger partial charge on any atom is 0.425 e. The van der Waals surface area contributed by atoms with Crippen LogP contribution in [0.4, 0.5) is 13.2 Å². The van der Waals surface area contributed by atoms with Crippen molar-refractivity contribution in [2.45, 2.75) is 12.8 Å². The van der Waals surface area contributed by atoms with E-state index in [1.54, 1.807) is 0 Å². The third-order valence-electron chi connectivity index (χ3n) is 1.94. The van der Waals surface area contributed by atoms with E-state index in [4.69, 9.17) is 4.74 Å². The summed E-state index contributed by atoms with van der Waals surface area (Å²) in [7, 11) is 0. The van der Waals surface area contributed by atoms with Gasteiger partial charge >= 0.3 is 12.1 Å². The Labute approximate surface area is 103 Å². The van der Waals surface area contributed by atoms with Crippen LogP contribution >= 0.6 is 11.3 Å². The summed E-state index contributed by atoms with van der Waals surface area (Å²) in [6.07, 6.45) is -1.82. The zero-order valence-corrected chi connectivity index (χ0v) is 9.55. The van der Waals surface area contributed by atoms with Gasteiger partial charge < -0.3 is 9.26 Å². The van der Waals surface area contributed by atoms with E-state index in [2.05, 4.69) is 9.68 Å². The van der Waals surface area contributed by atoms with Crippen molar-refractivity contribution in [1.82, 2.24) is 5.16 Å². The van der Waals surface area contributed by atoms with E-state index in [-0.39, 0.29) is 11.5 Å². The van der Waals surface area contributed by atoms with Crippen LogP contribution < -0.4 is 0 Å². The average Bonchev–Trinajstić information content (AvgIpc) is 2.96. The molecule has 0 unspecified atom stereocenters. The Morgan fingerprint density at radius 3 is 2.78 bits per heavy atom. The number of ether oxygens (including phenoxy) is 1. The lowest BCUT2D eigenvalue weighted by molar-refractivity contribution is -0.134. The van der Waals surface area contributed by atoms with Crippen LogP contribution in [0.1, 0.15) is 20.1 Å². The van der Waals surface area contributed by atoms with Gasteiger partial charge in [-0.2, -0.15) is 13.2 Å². The second-order valence-corrected chi connectivity index (χ2v) is 4.35. The molecule has 0 aliphatic rings. The number of hydrogen-bond acceptors (Lipinski definition) is 5. The fraction of sp³-hybridized carbons (Fsp3) is 0.200. The molecule has 0 amide bonds. The van der Waals surface area contributed by atoms with E-state index < -0.39 is 17.0 Å². The molecule has 0 saturated heterocycles. The number of carbonyl (C=O) groups is 1. The van der Waals surface area contributed by atoms with Gasteiger partial charge in [-0.3, -0.25) is 0 Å². The predicted molar refractivity (Wildman–Crippen MR) is 54.9 cm³/mol. The van der Waals surface area contributed by atoms with Gasteiger partial charge in [-0.25, -0.2) is 4.79 Å². The highest BCUT2D eigenvalue weighted by atomic mass is 32.1. The maximum atomic E-state index is 12.3. The average molecular weight is 277 g/mol. The monoisotopic (exact) mass is 277 g/mol. The van der Waals surface area contributed by atoms with E-state index in [9.17, 15) is 18.0 Å². The summed E-state index contributed by atoms with van der Waals surface area (Å²) >= 11 is 0.347. The fourth-order valence-corrected chi connectivity index (χ4v) is 1.88. The lowest BCUT2D eigenvalue weighted by atomic mass is 10.4. The fourth-order valence-electron chi connectivity index (χ4n) is 1.12. The molecule has 2 heterocycles. The molecule has 0 saturated carbocycles. The van der Waals surface area contributed by atoms with E-state index >= 15 is 0 Å². The quantitative estimate of drug-likeness (QED) is 0.809. The molecule has 8 heteroatoms. The van der Waals surface area contributed by atoms with Crippen LogP contribution in [0.15, 0.2) is 29.1 Å². The first-order chi connectivity index (χ1) is 8.47. The van der Waals surface area contributed by atoms with Crippen LogP contribution in [0.5, 0.6) is 0 Å². The molecule has 0 fully saturated rings. The van der Waals surface area contributed by atoms with Crippen LogP contribution in [-0.4, -0.2) is 11.1 Å². The molecule has 0 aliphatic heterocycles. The van der Waals surface area contributed by atoms with Crippen LogP contribution in [-0.2, 0) is 17.5 Å². The molecule has 4 nitrogen and oxygen atoms in total. The van der Waals surface area contributed by atoms with Gasteiger partial charge in [0.15, 0.2) is 0 Å². The summed E-state index contributed by atoms with van der Waals surface area (Å²) < 4.78 is 46.3. The van der Waals surface area contributed by atoms with Crippen LogP contribution in [0.2, 0.25) is 0 Å². The van der Waals surface area contributed by atoms with Gasteiger partial charge in [0, 0.05) is 5.56 Å². The minimum atomic E-state index is -4.45. The number of aromatic nitrogens is 1.